The summed E-state index contributed by atoms with van der Waals surface area (Å²) >= 11 is 0. The summed E-state index contributed by atoms with van der Waals surface area (Å²) in [6.45, 7) is 4.96. The molecule has 1 aromatic heterocycles. The predicted octanol–water partition coefficient (Wildman–Crippen LogP) is 3.51. The van der Waals surface area contributed by atoms with Crippen LogP contribution in [-0.2, 0) is 16.0 Å². The summed E-state index contributed by atoms with van der Waals surface area (Å²) in [4.78, 5) is 18.5. The van der Waals surface area contributed by atoms with Crippen molar-refractivity contribution < 1.29 is 14.3 Å². The third-order valence-electron chi connectivity index (χ3n) is 4.89. The van der Waals surface area contributed by atoms with Crippen molar-refractivity contribution in [2.45, 2.75) is 13.5 Å². The van der Waals surface area contributed by atoms with Gasteiger partial charge in [-0.2, -0.15) is 0 Å². The van der Waals surface area contributed by atoms with Gasteiger partial charge >= 0.3 is 0 Å². The van der Waals surface area contributed by atoms with Crippen LogP contribution in [0.2, 0.25) is 0 Å². The highest BCUT2D eigenvalue weighted by Crippen LogP contribution is 2.22. The molecule has 2 N–H and O–H groups in total. The number of ether oxygens (including phenoxy) is 2. The van der Waals surface area contributed by atoms with E-state index in [0.717, 1.165) is 27.8 Å². The van der Waals surface area contributed by atoms with Gasteiger partial charge in [-0.25, -0.2) is 0 Å². The van der Waals surface area contributed by atoms with Crippen molar-refractivity contribution in [3.8, 4) is 0 Å². The number of anilines is 1. The first kappa shape index (κ1) is 20.9. The second-order valence-electron chi connectivity index (χ2n) is 7.06. The lowest BCUT2D eigenvalue weighted by Crippen LogP contribution is -2.33. The molecule has 0 bridgehead atoms. The van der Waals surface area contributed by atoms with E-state index in [2.05, 4.69) is 27.3 Å². The highest BCUT2D eigenvalue weighted by atomic mass is 16.5. The van der Waals surface area contributed by atoms with Gasteiger partial charge in [0.1, 0.15) is 0 Å². The third kappa shape index (κ3) is 5.37. The maximum Gasteiger partial charge on any atom is 0.253 e. The van der Waals surface area contributed by atoms with Crippen LogP contribution in [0.4, 0.5) is 5.69 Å². The van der Waals surface area contributed by atoms with E-state index in [-0.39, 0.29) is 5.91 Å². The first-order valence-electron chi connectivity index (χ1n) is 9.80. The van der Waals surface area contributed by atoms with Crippen molar-refractivity contribution in [3.63, 3.8) is 0 Å². The number of nitrogens with one attached hydrogen (secondary N) is 2. The molecule has 0 aliphatic rings. The Balaban J connectivity index is 1.78. The first-order valence-corrected chi connectivity index (χ1v) is 9.80. The molecular formula is C23H29N3O3. The molecule has 3 aromatic rings. The van der Waals surface area contributed by atoms with E-state index in [1.807, 2.05) is 43.3 Å². The molecule has 0 unspecified atom stereocenters. The maximum absolute atomic E-state index is 13.0. The monoisotopic (exact) mass is 395 g/mol. The Morgan fingerprint density at radius 1 is 1.03 bits per heavy atom. The zero-order chi connectivity index (χ0) is 20.6. The smallest absolute Gasteiger partial charge is 0.253 e. The predicted molar refractivity (Wildman–Crippen MR) is 117 cm³/mol. The van der Waals surface area contributed by atoms with Crippen LogP contribution >= 0.6 is 0 Å². The van der Waals surface area contributed by atoms with E-state index in [4.69, 9.17) is 9.47 Å². The number of nitrogens with zero attached hydrogens (tertiary/aromatic N) is 1. The van der Waals surface area contributed by atoms with Crippen LogP contribution in [0.15, 0.2) is 48.5 Å². The Kier molecular flexibility index (Phi) is 7.27. The molecule has 1 heterocycles. The number of aromatic nitrogens is 1. The van der Waals surface area contributed by atoms with Crippen LogP contribution in [-0.4, -0.2) is 51.4 Å². The van der Waals surface area contributed by atoms with E-state index in [1.165, 1.54) is 0 Å². The molecule has 0 aliphatic carbocycles. The number of rotatable bonds is 10. The number of carbonyl (C=O) groups excluding carboxylic acids is 1. The molecule has 2 aromatic carbocycles. The summed E-state index contributed by atoms with van der Waals surface area (Å²) in [5.74, 6) is -0.0952. The van der Waals surface area contributed by atoms with Crippen LogP contribution in [0.1, 0.15) is 21.6 Å². The molecule has 1 amide bonds. The number of hydrogen-bond acceptors (Lipinski definition) is 4. The number of carbonyl (C=O) groups is 1. The van der Waals surface area contributed by atoms with E-state index in [0.29, 0.717) is 38.4 Å². The van der Waals surface area contributed by atoms with Gasteiger partial charge in [0.2, 0.25) is 0 Å². The molecule has 0 radical (unpaired) electrons. The second-order valence-corrected chi connectivity index (χ2v) is 7.06. The van der Waals surface area contributed by atoms with Gasteiger partial charge in [0, 0.05) is 44.2 Å². The number of amides is 1. The number of methoxy groups -OCH3 is 2. The van der Waals surface area contributed by atoms with Gasteiger partial charge in [0.25, 0.3) is 5.91 Å². The summed E-state index contributed by atoms with van der Waals surface area (Å²) in [5, 5.41) is 4.19. The van der Waals surface area contributed by atoms with Gasteiger partial charge in [-0.1, -0.05) is 29.8 Å². The number of aromatic amines is 1. The van der Waals surface area contributed by atoms with Gasteiger partial charge in [0.05, 0.1) is 25.3 Å². The van der Waals surface area contributed by atoms with Gasteiger partial charge < -0.3 is 24.7 Å². The van der Waals surface area contributed by atoms with E-state index >= 15 is 0 Å². The number of hydrogen-bond donors (Lipinski definition) is 2. The fraction of sp³-hybridized carbons (Fsp3) is 0.348. The van der Waals surface area contributed by atoms with E-state index in [1.54, 1.807) is 14.2 Å². The fourth-order valence-electron chi connectivity index (χ4n) is 3.36. The molecule has 0 aliphatic heterocycles. The third-order valence-corrected chi connectivity index (χ3v) is 4.89. The van der Waals surface area contributed by atoms with Gasteiger partial charge in [-0.15, -0.1) is 0 Å². The Bertz CT molecular complexity index is 910. The van der Waals surface area contributed by atoms with Crippen LogP contribution in [0.5, 0.6) is 0 Å². The molecule has 6 nitrogen and oxygen atoms in total. The molecule has 6 heteroatoms. The highest BCUT2D eigenvalue weighted by Gasteiger charge is 2.17. The topological polar surface area (TPSA) is 66.6 Å². The minimum atomic E-state index is -0.0952. The minimum Gasteiger partial charge on any atom is -0.383 e. The molecule has 0 fully saturated rings. The normalized spacial score (nSPS) is 11.0. The Morgan fingerprint density at radius 2 is 1.76 bits per heavy atom. The molecule has 0 saturated heterocycles. The average Bonchev–Trinajstić information content (AvgIpc) is 3.15. The zero-order valence-corrected chi connectivity index (χ0v) is 17.3. The quantitative estimate of drug-likeness (QED) is 0.551. The number of H-pyrrole nitrogens is 1. The Morgan fingerprint density at radius 3 is 2.45 bits per heavy atom. The lowest BCUT2D eigenvalue weighted by molar-refractivity contribution is 0.0950. The van der Waals surface area contributed by atoms with Gasteiger partial charge in [-0.05, 0) is 36.6 Å². The van der Waals surface area contributed by atoms with Gasteiger partial charge in [0.15, 0.2) is 0 Å². The zero-order valence-electron chi connectivity index (χ0n) is 17.3. The van der Waals surface area contributed by atoms with E-state index in [9.17, 15) is 4.79 Å². The number of para-hydroxylation sites is 1. The lowest BCUT2D eigenvalue weighted by atomic mass is 10.1. The Hall–Kier alpha value is -2.83. The summed E-state index contributed by atoms with van der Waals surface area (Å²) in [6, 6.07) is 16.1. The largest absolute Gasteiger partial charge is 0.383 e. The summed E-state index contributed by atoms with van der Waals surface area (Å²) in [5.41, 5.74) is 4.64. The van der Waals surface area contributed by atoms with Crippen LogP contribution < -0.4 is 10.2 Å². The van der Waals surface area contributed by atoms with Crippen LogP contribution in [0.25, 0.3) is 10.9 Å². The van der Waals surface area contributed by atoms with Crippen molar-refractivity contribution in [1.29, 1.82) is 0 Å². The summed E-state index contributed by atoms with van der Waals surface area (Å²) in [6.07, 6.45) is 0. The molecule has 3 rings (SSSR count). The van der Waals surface area contributed by atoms with Crippen molar-refractivity contribution in [3.05, 3.63) is 65.4 Å². The average molecular weight is 396 g/mol. The van der Waals surface area contributed by atoms with Crippen molar-refractivity contribution in [2.24, 2.45) is 0 Å². The number of benzene rings is 2. The lowest BCUT2D eigenvalue weighted by Gasteiger charge is -2.26. The van der Waals surface area contributed by atoms with Crippen LogP contribution in [0.3, 0.4) is 0 Å². The van der Waals surface area contributed by atoms with Crippen molar-refractivity contribution >= 4 is 22.5 Å². The van der Waals surface area contributed by atoms with Crippen LogP contribution in [0, 0.1) is 6.92 Å². The van der Waals surface area contributed by atoms with Crippen molar-refractivity contribution in [1.82, 2.24) is 10.3 Å². The van der Waals surface area contributed by atoms with Gasteiger partial charge in [-0.3, -0.25) is 4.79 Å². The molecule has 0 atom stereocenters. The number of aryl methyl sites for hydroxylation is 1. The molecule has 0 spiro atoms. The highest BCUT2D eigenvalue weighted by molar-refractivity contribution is 6.00. The van der Waals surface area contributed by atoms with E-state index < -0.39 is 0 Å². The molecular weight excluding hydrogens is 366 g/mol. The van der Waals surface area contributed by atoms with Crippen molar-refractivity contribution in [2.75, 3.05) is 45.4 Å². The molecule has 154 valence electrons. The second kappa shape index (κ2) is 10.1. The summed E-state index contributed by atoms with van der Waals surface area (Å²) < 4.78 is 10.5. The fourth-order valence-corrected chi connectivity index (χ4v) is 3.36. The minimum absolute atomic E-state index is 0.0952. The summed E-state index contributed by atoms with van der Waals surface area (Å²) in [7, 11) is 3.36. The SMILES string of the molecule is COCCN(CCOC)c1ccc(C)cc1C(=O)NCc1cc2ccccc2[nH]1. The standard InChI is InChI=1S/C23H29N3O3/c1-17-8-9-22(26(10-12-28-2)11-13-29-3)20(14-17)23(27)24-16-19-15-18-6-4-5-7-21(18)25-19/h4-9,14-15,25H,10-13,16H2,1-3H3,(H,24,27). The Labute approximate surface area is 171 Å². The number of fused-ring (bicyclic) bond motifs is 1. The molecule has 0 saturated carbocycles. The maximum atomic E-state index is 13.0. The first-order chi connectivity index (χ1) is 14.1. The molecule has 29 heavy (non-hydrogen) atoms.